The van der Waals surface area contributed by atoms with Crippen LogP contribution in [0.25, 0.3) is 0 Å². The molecule has 6 heteroatoms. The third kappa shape index (κ3) is 4.58. The fourth-order valence-corrected chi connectivity index (χ4v) is 2.26. The van der Waals surface area contributed by atoms with E-state index in [2.05, 4.69) is 0 Å². The molecule has 1 fully saturated rings. The van der Waals surface area contributed by atoms with Gasteiger partial charge in [0.1, 0.15) is 11.4 Å². The molecule has 0 bridgehead atoms. The lowest BCUT2D eigenvalue weighted by Crippen LogP contribution is -2.35. The van der Waals surface area contributed by atoms with Gasteiger partial charge < -0.3 is 14.4 Å². The summed E-state index contributed by atoms with van der Waals surface area (Å²) in [6, 6.07) is 3.10. The first kappa shape index (κ1) is 16.5. The van der Waals surface area contributed by atoms with Gasteiger partial charge in [0.15, 0.2) is 11.6 Å². The number of halogens is 2. The van der Waals surface area contributed by atoms with Crippen molar-refractivity contribution < 1.29 is 23.0 Å². The van der Waals surface area contributed by atoms with E-state index in [4.69, 9.17) is 9.47 Å². The van der Waals surface area contributed by atoms with E-state index in [1.165, 1.54) is 0 Å². The molecular formula is C16H21F2NO3. The van der Waals surface area contributed by atoms with Gasteiger partial charge in [0.25, 0.3) is 0 Å². The van der Waals surface area contributed by atoms with Crippen molar-refractivity contribution in [3.63, 3.8) is 0 Å². The molecule has 0 aromatic heterocycles. The lowest BCUT2D eigenvalue weighted by molar-refractivity contribution is 0.0284. The average Bonchev–Trinajstić information content (AvgIpc) is 2.87. The number of nitrogens with zero attached hydrogens (tertiary/aromatic N) is 1. The van der Waals surface area contributed by atoms with Crippen LogP contribution < -0.4 is 4.74 Å². The largest absolute Gasteiger partial charge is 0.490 e. The van der Waals surface area contributed by atoms with E-state index in [1.807, 2.05) is 20.8 Å². The lowest BCUT2D eigenvalue weighted by Gasteiger charge is -2.24. The van der Waals surface area contributed by atoms with Crippen LogP contribution in [-0.4, -0.2) is 36.3 Å². The van der Waals surface area contributed by atoms with Gasteiger partial charge in [0.2, 0.25) is 0 Å². The molecule has 0 saturated carbocycles. The summed E-state index contributed by atoms with van der Waals surface area (Å²) in [4.78, 5) is 13.5. The maximum atomic E-state index is 13.5. The highest BCUT2D eigenvalue weighted by Crippen LogP contribution is 2.23. The van der Waals surface area contributed by atoms with Gasteiger partial charge in [-0.15, -0.1) is 0 Å². The predicted octanol–water partition coefficient (Wildman–Crippen LogP) is 3.60. The predicted molar refractivity (Wildman–Crippen MR) is 77.8 cm³/mol. The van der Waals surface area contributed by atoms with Crippen LogP contribution in [-0.2, 0) is 4.74 Å². The average molecular weight is 313 g/mol. The molecule has 2 rings (SSSR count). The highest BCUT2D eigenvalue weighted by molar-refractivity contribution is 5.68. The van der Waals surface area contributed by atoms with E-state index in [-0.39, 0.29) is 24.4 Å². The quantitative estimate of drug-likeness (QED) is 0.856. The summed E-state index contributed by atoms with van der Waals surface area (Å²) >= 11 is 0. The zero-order chi connectivity index (χ0) is 16.3. The number of hydrogen-bond acceptors (Lipinski definition) is 3. The fraction of sp³-hybridized carbons (Fsp3) is 0.562. The molecule has 1 saturated heterocycles. The van der Waals surface area contributed by atoms with Crippen LogP contribution in [0.5, 0.6) is 5.75 Å². The van der Waals surface area contributed by atoms with Gasteiger partial charge in [-0.3, -0.25) is 0 Å². The normalized spacial score (nSPS) is 18.4. The molecule has 22 heavy (non-hydrogen) atoms. The van der Waals surface area contributed by atoms with E-state index in [1.54, 1.807) is 4.90 Å². The first-order chi connectivity index (χ1) is 10.2. The molecular weight excluding hydrogens is 292 g/mol. The van der Waals surface area contributed by atoms with Gasteiger partial charge in [-0.2, -0.15) is 0 Å². The Morgan fingerprint density at radius 1 is 1.36 bits per heavy atom. The van der Waals surface area contributed by atoms with Gasteiger partial charge in [-0.25, -0.2) is 13.6 Å². The van der Waals surface area contributed by atoms with Crippen molar-refractivity contribution in [1.29, 1.82) is 0 Å². The molecule has 1 aliphatic heterocycles. The Labute approximate surface area is 129 Å². The Morgan fingerprint density at radius 2 is 2.09 bits per heavy atom. The minimum absolute atomic E-state index is 0.0789. The van der Waals surface area contributed by atoms with E-state index in [9.17, 15) is 13.6 Å². The van der Waals surface area contributed by atoms with Crippen LogP contribution in [0, 0.1) is 17.6 Å². The maximum absolute atomic E-state index is 13.5. The van der Waals surface area contributed by atoms with Gasteiger partial charge in [0, 0.05) is 25.1 Å². The zero-order valence-corrected chi connectivity index (χ0v) is 13.1. The van der Waals surface area contributed by atoms with Crippen molar-refractivity contribution in [2.75, 3.05) is 19.7 Å². The van der Waals surface area contributed by atoms with Crippen molar-refractivity contribution in [3.05, 3.63) is 29.8 Å². The maximum Gasteiger partial charge on any atom is 0.410 e. The van der Waals surface area contributed by atoms with Crippen LogP contribution in [0.4, 0.5) is 13.6 Å². The molecule has 1 aromatic carbocycles. The summed E-state index contributed by atoms with van der Waals surface area (Å²) in [5, 5.41) is 0. The summed E-state index contributed by atoms with van der Waals surface area (Å²) in [6.07, 6.45) is 0.392. The minimum atomic E-state index is -0.594. The monoisotopic (exact) mass is 313 g/mol. The standard InChI is InChI=1S/C16H21F2NO3/c1-16(2,3)22-15(20)19-7-6-11(9-19)10-21-14-8-12(17)4-5-13(14)18/h4-5,8,11H,6-7,9-10H2,1-3H3/t11-/m1/s1. The second-order valence-electron chi connectivity index (χ2n) is 6.47. The zero-order valence-electron chi connectivity index (χ0n) is 13.1. The Hall–Kier alpha value is -1.85. The third-order valence-electron chi connectivity index (χ3n) is 3.31. The number of benzene rings is 1. The number of carbonyl (C=O) groups is 1. The Bertz CT molecular complexity index is 543. The van der Waals surface area contributed by atoms with Gasteiger partial charge in [-0.1, -0.05) is 0 Å². The van der Waals surface area contributed by atoms with Gasteiger partial charge in [0.05, 0.1) is 6.61 Å². The summed E-state index contributed by atoms with van der Waals surface area (Å²) < 4.78 is 37.2. The number of amides is 1. The van der Waals surface area contributed by atoms with Crippen molar-refractivity contribution in [2.45, 2.75) is 32.8 Å². The van der Waals surface area contributed by atoms with E-state index in [0.29, 0.717) is 13.1 Å². The molecule has 1 aromatic rings. The molecule has 1 aliphatic rings. The molecule has 0 radical (unpaired) electrons. The van der Waals surface area contributed by atoms with Crippen LogP contribution in [0.3, 0.4) is 0 Å². The molecule has 1 amide bonds. The first-order valence-electron chi connectivity index (χ1n) is 7.30. The Morgan fingerprint density at radius 3 is 2.77 bits per heavy atom. The molecule has 4 nitrogen and oxygen atoms in total. The first-order valence-corrected chi connectivity index (χ1v) is 7.30. The number of hydrogen-bond donors (Lipinski definition) is 0. The summed E-state index contributed by atoms with van der Waals surface area (Å²) in [6.45, 7) is 6.75. The van der Waals surface area contributed by atoms with Crippen LogP contribution in [0.1, 0.15) is 27.2 Å². The molecule has 0 aliphatic carbocycles. The Balaban J connectivity index is 1.84. The molecule has 1 heterocycles. The second kappa shape index (κ2) is 6.50. The Kier molecular flexibility index (Phi) is 4.88. The van der Waals surface area contributed by atoms with Crippen molar-refractivity contribution in [1.82, 2.24) is 4.90 Å². The summed E-state index contributed by atoms with van der Waals surface area (Å²) in [5.74, 6) is -1.16. The SMILES string of the molecule is CC(C)(C)OC(=O)N1CC[C@@H](COc2cc(F)ccc2F)C1. The molecule has 0 N–H and O–H groups in total. The number of ether oxygens (including phenoxy) is 2. The van der Waals surface area contributed by atoms with Crippen LogP contribution in [0.15, 0.2) is 18.2 Å². The van der Waals surface area contributed by atoms with Crippen LogP contribution in [0.2, 0.25) is 0 Å². The topological polar surface area (TPSA) is 38.8 Å². The molecule has 122 valence electrons. The molecule has 0 spiro atoms. The van der Waals surface area contributed by atoms with Crippen LogP contribution >= 0.6 is 0 Å². The van der Waals surface area contributed by atoms with E-state index in [0.717, 1.165) is 24.6 Å². The van der Waals surface area contributed by atoms with Crippen molar-refractivity contribution in [3.8, 4) is 5.75 Å². The van der Waals surface area contributed by atoms with Crippen molar-refractivity contribution >= 4 is 6.09 Å². The van der Waals surface area contributed by atoms with E-state index >= 15 is 0 Å². The highest BCUT2D eigenvalue weighted by atomic mass is 19.1. The van der Waals surface area contributed by atoms with Crippen molar-refractivity contribution in [2.24, 2.45) is 5.92 Å². The van der Waals surface area contributed by atoms with Gasteiger partial charge >= 0.3 is 6.09 Å². The smallest absolute Gasteiger partial charge is 0.410 e. The number of rotatable bonds is 3. The highest BCUT2D eigenvalue weighted by Gasteiger charge is 2.30. The summed E-state index contributed by atoms with van der Waals surface area (Å²) in [7, 11) is 0. The molecule has 1 atom stereocenters. The number of likely N-dealkylation sites (tertiary alicyclic amines) is 1. The van der Waals surface area contributed by atoms with E-state index < -0.39 is 17.2 Å². The lowest BCUT2D eigenvalue weighted by atomic mass is 10.1. The minimum Gasteiger partial charge on any atom is -0.490 e. The number of carbonyl (C=O) groups excluding carboxylic acids is 1. The summed E-state index contributed by atoms with van der Waals surface area (Å²) in [5.41, 5.74) is -0.531. The third-order valence-corrected chi connectivity index (χ3v) is 3.31. The molecule has 0 unspecified atom stereocenters. The van der Waals surface area contributed by atoms with Gasteiger partial charge in [-0.05, 0) is 39.3 Å². The fourth-order valence-electron chi connectivity index (χ4n) is 2.26. The second-order valence-corrected chi connectivity index (χ2v) is 6.47.